The third kappa shape index (κ3) is 2.76. The van der Waals surface area contributed by atoms with Crippen molar-refractivity contribution in [1.29, 1.82) is 0 Å². The first-order valence-electron chi connectivity index (χ1n) is 6.09. The van der Waals surface area contributed by atoms with E-state index in [0.29, 0.717) is 0 Å². The van der Waals surface area contributed by atoms with Crippen molar-refractivity contribution < 1.29 is 0 Å². The van der Waals surface area contributed by atoms with Crippen molar-refractivity contribution in [1.82, 2.24) is 14.9 Å². The Morgan fingerprint density at radius 1 is 1.17 bits per heavy atom. The van der Waals surface area contributed by atoms with E-state index < -0.39 is 0 Å². The van der Waals surface area contributed by atoms with Crippen LogP contribution in [0, 0.1) is 0 Å². The highest BCUT2D eigenvalue weighted by Crippen LogP contribution is 2.27. The summed E-state index contributed by atoms with van der Waals surface area (Å²) in [6.07, 6.45) is 0. The summed E-state index contributed by atoms with van der Waals surface area (Å²) < 4.78 is 4.04. The molecule has 18 heavy (non-hydrogen) atoms. The lowest BCUT2D eigenvalue weighted by molar-refractivity contribution is 0.590. The summed E-state index contributed by atoms with van der Waals surface area (Å²) in [5, 5.41) is 7.37. The van der Waals surface area contributed by atoms with Gasteiger partial charge in [0, 0.05) is 12.1 Å². The molecule has 2 rings (SSSR count). The molecule has 1 N–H and O–H groups in total. The van der Waals surface area contributed by atoms with E-state index in [0.717, 1.165) is 17.8 Å². The molecule has 3 nitrogen and oxygen atoms in total. The van der Waals surface area contributed by atoms with Gasteiger partial charge in [0.2, 0.25) is 0 Å². The monoisotopic (exact) mass is 261 g/mol. The summed E-state index contributed by atoms with van der Waals surface area (Å²) in [4.78, 5) is 1.18. The Balaban J connectivity index is 2.32. The van der Waals surface area contributed by atoms with Gasteiger partial charge in [0.05, 0.1) is 4.88 Å². The van der Waals surface area contributed by atoms with E-state index in [-0.39, 0.29) is 5.41 Å². The normalized spacial score (nSPS) is 11.8. The molecule has 4 heteroatoms. The summed E-state index contributed by atoms with van der Waals surface area (Å²) in [6.45, 7) is 7.48. The van der Waals surface area contributed by atoms with Gasteiger partial charge in [0.25, 0.3) is 0 Å². The van der Waals surface area contributed by atoms with E-state index in [2.05, 4.69) is 59.9 Å². The van der Waals surface area contributed by atoms with Crippen LogP contribution in [0.25, 0.3) is 11.3 Å². The molecule has 1 aromatic heterocycles. The van der Waals surface area contributed by atoms with Gasteiger partial charge in [-0.15, -0.1) is 5.10 Å². The zero-order valence-electron chi connectivity index (χ0n) is 11.3. The Bertz CT molecular complexity index is 509. The van der Waals surface area contributed by atoms with Crippen LogP contribution >= 0.6 is 11.5 Å². The fraction of sp³-hybridized carbons (Fsp3) is 0.429. The Morgan fingerprint density at radius 2 is 1.83 bits per heavy atom. The van der Waals surface area contributed by atoms with Crippen LogP contribution in [0.5, 0.6) is 0 Å². The van der Waals surface area contributed by atoms with Crippen LogP contribution in [-0.2, 0) is 12.0 Å². The molecule has 0 radical (unpaired) electrons. The quantitative estimate of drug-likeness (QED) is 0.922. The van der Waals surface area contributed by atoms with Crippen LogP contribution in [0.3, 0.4) is 0 Å². The van der Waals surface area contributed by atoms with Gasteiger partial charge in [0.15, 0.2) is 0 Å². The Kier molecular flexibility index (Phi) is 3.78. The molecule has 0 aliphatic heterocycles. The first-order chi connectivity index (χ1) is 8.52. The molecule has 0 saturated carbocycles. The molecule has 0 aliphatic carbocycles. The average molecular weight is 261 g/mol. The molecule has 1 heterocycles. The summed E-state index contributed by atoms with van der Waals surface area (Å²) in [6, 6.07) is 8.63. The average Bonchev–Trinajstić information content (AvgIpc) is 2.77. The second kappa shape index (κ2) is 5.16. The lowest BCUT2D eigenvalue weighted by atomic mass is 9.86. The van der Waals surface area contributed by atoms with Crippen LogP contribution in [0.4, 0.5) is 0 Å². The van der Waals surface area contributed by atoms with Gasteiger partial charge in [-0.25, -0.2) is 0 Å². The fourth-order valence-corrected chi connectivity index (χ4v) is 2.51. The second-order valence-electron chi connectivity index (χ2n) is 5.40. The van der Waals surface area contributed by atoms with Crippen molar-refractivity contribution in [3.8, 4) is 11.3 Å². The molecule has 0 aliphatic rings. The third-order valence-electron chi connectivity index (χ3n) is 2.92. The van der Waals surface area contributed by atoms with Crippen molar-refractivity contribution >= 4 is 11.5 Å². The molecule has 1 aromatic carbocycles. The van der Waals surface area contributed by atoms with E-state index in [4.69, 9.17) is 0 Å². The zero-order chi connectivity index (χ0) is 13.2. The summed E-state index contributed by atoms with van der Waals surface area (Å²) in [5.41, 5.74) is 3.66. The van der Waals surface area contributed by atoms with Crippen molar-refractivity contribution in [2.24, 2.45) is 0 Å². The minimum Gasteiger partial charge on any atom is -0.315 e. The Morgan fingerprint density at radius 3 is 2.39 bits per heavy atom. The smallest absolute Gasteiger partial charge is 0.110 e. The van der Waals surface area contributed by atoms with Gasteiger partial charge >= 0.3 is 0 Å². The molecule has 96 valence electrons. The molecule has 0 atom stereocenters. The lowest BCUT2D eigenvalue weighted by Crippen LogP contribution is -2.10. The number of nitrogens with zero attached hydrogens (tertiary/aromatic N) is 2. The Hall–Kier alpha value is -1.26. The van der Waals surface area contributed by atoms with Gasteiger partial charge in [0.1, 0.15) is 5.69 Å². The van der Waals surface area contributed by atoms with Crippen molar-refractivity contribution in [2.75, 3.05) is 7.05 Å². The Labute approximate surface area is 112 Å². The van der Waals surface area contributed by atoms with Crippen LogP contribution in [0.2, 0.25) is 0 Å². The maximum absolute atomic E-state index is 4.23. The largest absolute Gasteiger partial charge is 0.315 e. The standard InChI is InChI=1S/C14H19N3S/c1-14(2,3)11-7-5-10(6-8-11)13-12(9-15-4)18-17-16-13/h5-8,15H,9H2,1-4H3. The number of benzene rings is 1. The first-order valence-corrected chi connectivity index (χ1v) is 6.86. The van der Waals surface area contributed by atoms with Gasteiger partial charge in [-0.2, -0.15) is 0 Å². The van der Waals surface area contributed by atoms with Crippen molar-refractivity contribution in [2.45, 2.75) is 32.7 Å². The van der Waals surface area contributed by atoms with E-state index >= 15 is 0 Å². The second-order valence-corrected chi connectivity index (χ2v) is 6.24. The van der Waals surface area contributed by atoms with Crippen molar-refractivity contribution in [3.63, 3.8) is 0 Å². The van der Waals surface area contributed by atoms with Crippen LogP contribution in [0.15, 0.2) is 24.3 Å². The third-order valence-corrected chi connectivity index (χ3v) is 3.64. The van der Waals surface area contributed by atoms with E-state index in [1.807, 2.05) is 7.05 Å². The van der Waals surface area contributed by atoms with E-state index in [1.54, 1.807) is 0 Å². The number of nitrogens with one attached hydrogen (secondary N) is 1. The maximum Gasteiger partial charge on any atom is 0.110 e. The summed E-state index contributed by atoms with van der Waals surface area (Å²) in [5.74, 6) is 0. The molecule has 0 unspecified atom stereocenters. The summed E-state index contributed by atoms with van der Waals surface area (Å²) in [7, 11) is 1.94. The van der Waals surface area contributed by atoms with Gasteiger partial charge in [-0.05, 0) is 29.6 Å². The van der Waals surface area contributed by atoms with E-state index in [9.17, 15) is 0 Å². The zero-order valence-corrected chi connectivity index (χ0v) is 12.1. The van der Waals surface area contributed by atoms with Crippen LogP contribution < -0.4 is 5.32 Å². The predicted octanol–water partition coefficient (Wildman–Crippen LogP) is 3.22. The minimum absolute atomic E-state index is 0.187. The molecule has 0 amide bonds. The van der Waals surface area contributed by atoms with Gasteiger partial charge in [-0.3, -0.25) is 0 Å². The topological polar surface area (TPSA) is 37.8 Å². The highest BCUT2D eigenvalue weighted by molar-refractivity contribution is 7.05. The summed E-state index contributed by atoms with van der Waals surface area (Å²) >= 11 is 1.46. The first kappa shape index (κ1) is 13.2. The molecule has 0 bridgehead atoms. The predicted molar refractivity (Wildman–Crippen MR) is 76.8 cm³/mol. The molecular weight excluding hydrogens is 242 g/mol. The SMILES string of the molecule is CNCc1snnc1-c1ccc(C(C)(C)C)cc1. The lowest BCUT2D eigenvalue weighted by Gasteiger charge is -2.19. The van der Waals surface area contributed by atoms with Crippen LogP contribution in [-0.4, -0.2) is 16.6 Å². The van der Waals surface area contributed by atoms with Crippen LogP contribution in [0.1, 0.15) is 31.2 Å². The van der Waals surface area contributed by atoms with E-state index in [1.165, 1.54) is 22.0 Å². The molecule has 0 spiro atoms. The number of rotatable bonds is 3. The number of hydrogen-bond acceptors (Lipinski definition) is 4. The molecule has 0 saturated heterocycles. The minimum atomic E-state index is 0.187. The molecule has 2 aromatic rings. The maximum atomic E-state index is 4.23. The molecular formula is C14H19N3S. The van der Waals surface area contributed by atoms with Gasteiger partial charge < -0.3 is 5.32 Å². The fourth-order valence-electron chi connectivity index (χ4n) is 1.83. The highest BCUT2D eigenvalue weighted by atomic mass is 32.1. The van der Waals surface area contributed by atoms with Crippen molar-refractivity contribution in [3.05, 3.63) is 34.7 Å². The number of hydrogen-bond donors (Lipinski definition) is 1. The highest BCUT2D eigenvalue weighted by Gasteiger charge is 2.14. The molecule has 0 fully saturated rings. The van der Waals surface area contributed by atoms with Gasteiger partial charge in [-0.1, -0.05) is 49.5 Å². The number of aromatic nitrogens is 2.